The lowest BCUT2D eigenvalue weighted by molar-refractivity contribution is -0.147. The number of rotatable bonds is 2. The van der Waals surface area contributed by atoms with Crippen LogP contribution in [0.5, 0.6) is 0 Å². The van der Waals surface area contributed by atoms with Crippen LogP contribution in [0, 0.1) is 5.92 Å². The van der Waals surface area contributed by atoms with Gasteiger partial charge in [0.15, 0.2) is 0 Å². The molecule has 4 heteroatoms. The number of aliphatic carboxylic acids is 1. The Hall–Kier alpha value is -0.610. The molecule has 2 N–H and O–H groups in total. The van der Waals surface area contributed by atoms with E-state index in [1.165, 1.54) is 7.11 Å². The molecule has 0 bridgehead atoms. The van der Waals surface area contributed by atoms with Gasteiger partial charge in [0, 0.05) is 7.11 Å². The second-order valence-corrected chi connectivity index (χ2v) is 3.19. The summed E-state index contributed by atoms with van der Waals surface area (Å²) in [6.07, 6.45) is 0.698. The van der Waals surface area contributed by atoms with Gasteiger partial charge in [0.2, 0.25) is 0 Å². The Morgan fingerprint density at radius 1 is 1.36 bits per heavy atom. The highest BCUT2D eigenvalue weighted by molar-refractivity contribution is 5.70. The van der Waals surface area contributed by atoms with Crippen LogP contribution in [0.3, 0.4) is 0 Å². The minimum absolute atomic E-state index is 0.306. The lowest BCUT2D eigenvalue weighted by atomic mass is 9.85. The van der Waals surface area contributed by atoms with E-state index in [9.17, 15) is 9.90 Å². The second-order valence-electron chi connectivity index (χ2n) is 3.19. The van der Waals surface area contributed by atoms with Gasteiger partial charge in [0.1, 0.15) is 0 Å². The fourth-order valence-corrected chi connectivity index (χ4v) is 1.59. The minimum Gasteiger partial charge on any atom is -0.481 e. The van der Waals surface area contributed by atoms with Gasteiger partial charge >= 0.3 is 5.97 Å². The third-order valence-corrected chi connectivity index (χ3v) is 2.41. The summed E-state index contributed by atoms with van der Waals surface area (Å²) < 4.78 is 4.97. The number of carbonyl (C=O) groups is 1. The summed E-state index contributed by atoms with van der Waals surface area (Å²) in [6, 6.07) is 0. The zero-order valence-electron chi connectivity index (χ0n) is 9.06. The van der Waals surface area contributed by atoms with E-state index < -0.39 is 12.1 Å². The smallest absolute Gasteiger partial charge is 0.306 e. The van der Waals surface area contributed by atoms with Gasteiger partial charge in [-0.2, -0.15) is 0 Å². The predicted molar refractivity (Wildman–Crippen MR) is 53.1 cm³/mol. The Labute approximate surface area is 84.9 Å². The monoisotopic (exact) mass is 204 g/mol. The molecule has 0 aromatic carbocycles. The van der Waals surface area contributed by atoms with Crippen molar-refractivity contribution in [1.82, 2.24) is 0 Å². The molecular weight excluding hydrogens is 184 g/mol. The summed E-state index contributed by atoms with van der Waals surface area (Å²) in [4.78, 5) is 10.6. The van der Waals surface area contributed by atoms with E-state index in [0.717, 1.165) is 0 Å². The number of ether oxygens (including phenoxy) is 1. The molecule has 0 aromatic heterocycles. The molecule has 3 unspecified atom stereocenters. The Morgan fingerprint density at radius 2 is 1.93 bits per heavy atom. The summed E-state index contributed by atoms with van der Waals surface area (Å²) >= 11 is 0. The van der Waals surface area contributed by atoms with Gasteiger partial charge in [0.05, 0.1) is 18.1 Å². The van der Waals surface area contributed by atoms with Crippen molar-refractivity contribution < 1.29 is 19.7 Å². The largest absolute Gasteiger partial charge is 0.481 e. The van der Waals surface area contributed by atoms with Crippen LogP contribution in [0.2, 0.25) is 0 Å². The van der Waals surface area contributed by atoms with Crippen LogP contribution in [0.4, 0.5) is 0 Å². The molecule has 14 heavy (non-hydrogen) atoms. The summed E-state index contributed by atoms with van der Waals surface area (Å²) in [5.41, 5.74) is 0. The molecule has 0 radical (unpaired) electrons. The number of carboxylic acid groups (broad SMARTS) is 1. The first-order valence-electron chi connectivity index (χ1n) is 5.08. The van der Waals surface area contributed by atoms with E-state index in [1.807, 2.05) is 13.8 Å². The van der Waals surface area contributed by atoms with Gasteiger partial charge in [0.25, 0.3) is 0 Å². The normalized spacial score (nSPS) is 31.6. The van der Waals surface area contributed by atoms with Crippen LogP contribution in [-0.2, 0) is 9.53 Å². The van der Waals surface area contributed by atoms with Gasteiger partial charge in [-0.1, -0.05) is 13.8 Å². The van der Waals surface area contributed by atoms with E-state index in [2.05, 4.69) is 0 Å². The van der Waals surface area contributed by atoms with Crippen molar-refractivity contribution in [3.63, 3.8) is 0 Å². The molecular formula is C10H20O4. The van der Waals surface area contributed by atoms with E-state index in [4.69, 9.17) is 9.84 Å². The number of methoxy groups -OCH3 is 1. The van der Waals surface area contributed by atoms with Gasteiger partial charge in [-0.05, 0) is 19.3 Å². The highest BCUT2D eigenvalue weighted by Gasteiger charge is 2.32. The van der Waals surface area contributed by atoms with Gasteiger partial charge in [-0.15, -0.1) is 0 Å². The first-order chi connectivity index (χ1) is 6.65. The van der Waals surface area contributed by atoms with E-state index >= 15 is 0 Å². The van der Waals surface area contributed by atoms with E-state index in [0.29, 0.717) is 19.3 Å². The third-order valence-electron chi connectivity index (χ3n) is 2.41. The van der Waals surface area contributed by atoms with Gasteiger partial charge in [-0.3, -0.25) is 4.79 Å². The lowest BCUT2D eigenvalue weighted by Gasteiger charge is -2.29. The van der Waals surface area contributed by atoms with Crippen LogP contribution in [0.1, 0.15) is 33.1 Å². The Bertz CT molecular complexity index is 170. The number of aliphatic hydroxyl groups is 1. The molecule has 3 atom stereocenters. The Balaban J connectivity index is 0.000000791. The molecule has 1 rings (SSSR count). The molecule has 0 aromatic rings. The van der Waals surface area contributed by atoms with Crippen LogP contribution in [0.25, 0.3) is 0 Å². The highest BCUT2D eigenvalue weighted by atomic mass is 16.5. The van der Waals surface area contributed by atoms with Crippen LogP contribution < -0.4 is 0 Å². The SMILES string of the molecule is CC.COC1CC(C(=O)O)CCC1O. The minimum atomic E-state index is -0.788. The molecule has 0 heterocycles. The molecule has 0 saturated heterocycles. The summed E-state index contributed by atoms with van der Waals surface area (Å²) in [5.74, 6) is -1.14. The van der Waals surface area contributed by atoms with Crippen LogP contribution in [-0.4, -0.2) is 35.5 Å². The van der Waals surface area contributed by atoms with Crippen molar-refractivity contribution in [3.05, 3.63) is 0 Å². The second kappa shape index (κ2) is 6.79. The van der Waals surface area contributed by atoms with Crippen molar-refractivity contribution in [2.45, 2.75) is 45.3 Å². The molecule has 0 spiro atoms. The van der Waals surface area contributed by atoms with Crippen molar-refractivity contribution in [3.8, 4) is 0 Å². The molecule has 1 aliphatic carbocycles. The summed E-state index contributed by atoms with van der Waals surface area (Å²) in [6.45, 7) is 4.00. The van der Waals surface area contributed by atoms with Crippen LogP contribution >= 0.6 is 0 Å². The topological polar surface area (TPSA) is 66.8 Å². The number of hydrogen-bond acceptors (Lipinski definition) is 3. The number of aliphatic hydroxyl groups excluding tert-OH is 1. The molecule has 4 nitrogen and oxygen atoms in total. The molecule has 1 aliphatic rings. The van der Waals surface area contributed by atoms with Crippen LogP contribution in [0.15, 0.2) is 0 Å². The molecule has 0 amide bonds. The standard InChI is InChI=1S/C8H14O4.C2H6/c1-12-7-4-5(8(10)11)2-3-6(7)9;1-2/h5-7,9H,2-4H2,1H3,(H,10,11);1-2H3. The van der Waals surface area contributed by atoms with Gasteiger partial charge in [-0.25, -0.2) is 0 Å². The van der Waals surface area contributed by atoms with Gasteiger partial charge < -0.3 is 14.9 Å². The zero-order valence-corrected chi connectivity index (χ0v) is 9.06. The third kappa shape index (κ3) is 3.64. The maximum Gasteiger partial charge on any atom is 0.306 e. The quantitative estimate of drug-likeness (QED) is 0.711. The van der Waals surface area contributed by atoms with E-state index in [1.54, 1.807) is 0 Å². The van der Waals surface area contributed by atoms with Crippen molar-refractivity contribution >= 4 is 5.97 Å². The van der Waals surface area contributed by atoms with Crippen molar-refractivity contribution in [1.29, 1.82) is 0 Å². The fourth-order valence-electron chi connectivity index (χ4n) is 1.59. The maximum atomic E-state index is 10.6. The number of carboxylic acids is 1. The highest BCUT2D eigenvalue weighted by Crippen LogP contribution is 2.26. The predicted octanol–water partition coefficient (Wildman–Crippen LogP) is 1.27. The maximum absolute atomic E-state index is 10.6. The average molecular weight is 204 g/mol. The Morgan fingerprint density at radius 3 is 2.36 bits per heavy atom. The first-order valence-corrected chi connectivity index (χ1v) is 5.08. The van der Waals surface area contributed by atoms with Crippen molar-refractivity contribution in [2.75, 3.05) is 7.11 Å². The first kappa shape index (κ1) is 13.4. The lowest BCUT2D eigenvalue weighted by Crippen LogP contribution is -2.37. The molecule has 1 fully saturated rings. The van der Waals surface area contributed by atoms with E-state index in [-0.39, 0.29) is 12.0 Å². The number of hydrogen-bond donors (Lipinski definition) is 2. The summed E-state index contributed by atoms with van der Waals surface area (Å²) in [7, 11) is 1.50. The fraction of sp³-hybridized carbons (Fsp3) is 0.900. The Kier molecular flexibility index (Phi) is 6.49. The average Bonchev–Trinajstić information content (AvgIpc) is 2.21. The zero-order chi connectivity index (χ0) is 11.1. The summed E-state index contributed by atoms with van der Waals surface area (Å²) in [5, 5.41) is 18.1. The van der Waals surface area contributed by atoms with Crippen molar-refractivity contribution in [2.24, 2.45) is 5.92 Å². The molecule has 84 valence electrons. The molecule has 1 saturated carbocycles. The molecule has 0 aliphatic heterocycles.